The highest BCUT2D eigenvalue weighted by Crippen LogP contribution is 2.36. The van der Waals surface area contributed by atoms with Crippen LogP contribution in [0.5, 0.6) is 0 Å². The Morgan fingerprint density at radius 1 is 1.19 bits per heavy atom. The van der Waals surface area contributed by atoms with E-state index in [1.165, 1.54) is 6.07 Å². The molecule has 0 saturated heterocycles. The van der Waals surface area contributed by atoms with Gasteiger partial charge in [0.2, 0.25) is 10.0 Å². The van der Waals surface area contributed by atoms with Crippen LogP contribution < -0.4 is 16.2 Å². The first-order valence-corrected chi connectivity index (χ1v) is 9.96. The summed E-state index contributed by atoms with van der Waals surface area (Å²) in [6, 6.07) is 8.63. The summed E-state index contributed by atoms with van der Waals surface area (Å²) in [5, 5.41) is 12.0. The number of rotatable bonds is 4. The van der Waals surface area contributed by atoms with Crippen molar-refractivity contribution in [3.05, 3.63) is 50.8 Å². The average molecular weight is 509 g/mol. The monoisotopic (exact) mass is 508 g/mol. The standard InChI is InChI=1S/C15H11ClFIN4O3S/c16-9-3-7(18)1-2-11(9)21-12-5-10(17)14(26(20,23)24)4-8(12)13-6-15(19)22-25-13/h1-6,21H,(H2,19,22)(H2,20,23,24). The van der Waals surface area contributed by atoms with E-state index in [1.54, 1.807) is 18.2 Å². The number of anilines is 3. The Morgan fingerprint density at radius 2 is 1.92 bits per heavy atom. The van der Waals surface area contributed by atoms with Gasteiger partial charge in [-0.25, -0.2) is 17.9 Å². The lowest BCUT2D eigenvalue weighted by atomic mass is 10.1. The largest absolute Gasteiger partial charge is 0.381 e. The minimum atomic E-state index is -4.28. The molecule has 0 aliphatic carbocycles. The molecule has 0 aliphatic heterocycles. The van der Waals surface area contributed by atoms with Gasteiger partial charge in [0.15, 0.2) is 11.6 Å². The first-order valence-electron chi connectivity index (χ1n) is 6.96. The number of nitrogens with zero attached hydrogens (tertiary/aromatic N) is 1. The zero-order chi connectivity index (χ0) is 19.1. The first kappa shape index (κ1) is 18.9. The SMILES string of the molecule is Nc1cc(-c2cc(S(N)(=O)=O)c(F)cc2Nc2ccc(I)cc2Cl)on1. The molecule has 26 heavy (non-hydrogen) atoms. The summed E-state index contributed by atoms with van der Waals surface area (Å²) in [6.45, 7) is 0. The van der Waals surface area contributed by atoms with E-state index in [0.717, 1.165) is 15.7 Å². The number of nitrogen functional groups attached to an aromatic ring is 1. The second kappa shape index (κ2) is 7.02. The average Bonchev–Trinajstić information content (AvgIpc) is 2.95. The molecule has 0 atom stereocenters. The third-order valence-corrected chi connectivity index (χ3v) is 5.28. The van der Waals surface area contributed by atoms with Crippen molar-refractivity contribution in [1.82, 2.24) is 5.16 Å². The van der Waals surface area contributed by atoms with Gasteiger partial charge in [-0.2, -0.15) is 0 Å². The molecule has 11 heteroatoms. The van der Waals surface area contributed by atoms with Crippen molar-refractivity contribution >= 4 is 61.4 Å². The number of nitrogens with one attached hydrogen (secondary N) is 1. The highest BCUT2D eigenvalue weighted by molar-refractivity contribution is 14.1. The Balaban J connectivity index is 2.18. The van der Waals surface area contributed by atoms with Crippen molar-refractivity contribution in [2.24, 2.45) is 5.14 Å². The Bertz CT molecular complexity index is 1100. The minimum Gasteiger partial charge on any atom is -0.381 e. The fourth-order valence-electron chi connectivity index (χ4n) is 2.23. The van der Waals surface area contributed by atoms with Gasteiger partial charge in [-0.3, -0.25) is 0 Å². The van der Waals surface area contributed by atoms with Crippen molar-refractivity contribution in [3.63, 3.8) is 0 Å². The van der Waals surface area contributed by atoms with Gasteiger partial charge in [-0.1, -0.05) is 16.8 Å². The van der Waals surface area contributed by atoms with E-state index in [1.807, 2.05) is 0 Å². The number of benzene rings is 2. The second-order valence-electron chi connectivity index (χ2n) is 5.24. The Labute approximate surface area is 166 Å². The molecule has 0 spiro atoms. The third-order valence-electron chi connectivity index (χ3n) is 3.37. The fourth-order valence-corrected chi connectivity index (χ4v) is 3.75. The zero-order valence-electron chi connectivity index (χ0n) is 12.8. The molecule has 0 fully saturated rings. The number of nitrogens with two attached hydrogens (primary N) is 2. The molecular weight excluding hydrogens is 498 g/mol. The van der Waals surface area contributed by atoms with E-state index >= 15 is 0 Å². The Kier molecular flexibility index (Phi) is 5.10. The van der Waals surface area contributed by atoms with Crippen molar-refractivity contribution < 1.29 is 17.3 Å². The summed E-state index contributed by atoms with van der Waals surface area (Å²) in [6.07, 6.45) is 0. The van der Waals surface area contributed by atoms with Gasteiger partial charge in [0.25, 0.3) is 0 Å². The molecule has 136 valence electrons. The molecular formula is C15H11ClFIN4O3S. The molecule has 0 amide bonds. The maximum atomic E-state index is 14.3. The molecule has 0 unspecified atom stereocenters. The molecule has 7 nitrogen and oxygen atoms in total. The van der Waals surface area contributed by atoms with Crippen LogP contribution in [0, 0.1) is 9.39 Å². The Morgan fingerprint density at radius 3 is 2.50 bits per heavy atom. The van der Waals surface area contributed by atoms with Crippen LogP contribution in [-0.2, 0) is 10.0 Å². The fraction of sp³-hybridized carbons (Fsp3) is 0. The Hall–Kier alpha value is -1.89. The van der Waals surface area contributed by atoms with Gasteiger partial charge in [0.1, 0.15) is 10.7 Å². The zero-order valence-corrected chi connectivity index (χ0v) is 16.6. The van der Waals surface area contributed by atoms with Crippen molar-refractivity contribution in [1.29, 1.82) is 0 Å². The van der Waals surface area contributed by atoms with Gasteiger partial charge >= 0.3 is 0 Å². The number of sulfonamides is 1. The van der Waals surface area contributed by atoms with Gasteiger partial charge in [0, 0.05) is 15.2 Å². The number of primary sulfonamides is 1. The number of halogens is 3. The van der Waals surface area contributed by atoms with Crippen LogP contribution in [0.15, 0.2) is 45.8 Å². The van der Waals surface area contributed by atoms with E-state index in [2.05, 4.69) is 33.1 Å². The summed E-state index contributed by atoms with van der Waals surface area (Å²) in [5.74, 6) is -0.802. The molecule has 0 radical (unpaired) electrons. The molecule has 5 N–H and O–H groups in total. The smallest absolute Gasteiger partial charge is 0.240 e. The minimum absolute atomic E-state index is 0.0831. The van der Waals surface area contributed by atoms with E-state index in [4.69, 9.17) is 27.0 Å². The predicted molar refractivity (Wildman–Crippen MR) is 105 cm³/mol. The quantitative estimate of drug-likeness (QED) is 0.462. The normalized spacial score (nSPS) is 11.5. The summed E-state index contributed by atoms with van der Waals surface area (Å²) in [4.78, 5) is -0.679. The summed E-state index contributed by atoms with van der Waals surface area (Å²) in [5.41, 5.74) is 6.44. The van der Waals surface area contributed by atoms with Gasteiger partial charge in [-0.05, 0) is 52.9 Å². The first-order chi connectivity index (χ1) is 12.1. The maximum absolute atomic E-state index is 14.3. The lowest BCUT2D eigenvalue weighted by molar-refractivity contribution is 0.435. The van der Waals surface area contributed by atoms with Crippen molar-refractivity contribution in [2.45, 2.75) is 4.90 Å². The lowest BCUT2D eigenvalue weighted by Crippen LogP contribution is -2.14. The van der Waals surface area contributed by atoms with Crippen LogP contribution in [0.25, 0.3) is 11.3 Å². The van der Waals surface area contributed by atoms with Crippen LogP contribution in [0.4, 0.5) is 21.6 Å². The second-order valence-corrected chi connectivity index (χ2v) is 8.42. The highest BCUT2D eigenvalue weighted by Gasteiger charge is 2.21. The molecule has 3 rings (SSSR count). The van der Waals surface area contributed by atoms with Crippen LogP contribution in [0.3, 0.4) is 0 Å². The van der Waals surface area contributed by atoms with E-state index in [0.29, 0.717) is 10.7 Å². The van der Waals surface area contributed by atoms with Gasteiger partial charge < -0.3 is 15.6 Å². The van der Waals surface area contributed by atoms with Crippen LogP contribution in [-0.4, -0.2) is 13.6 Å². The molecule has 1 heterocycles. The molecule has 0 saturated carbocycles. The van der Waals surface area contributed by atoms with Gasteiger partial charge in [-0.15, -0.1) is 0 Å². The van der Waals surface area contributed by atoms with E-state index < -0.39 is 20.7 Å². The number of aromatic nitrogens is 1. The van der Waals surface area contributed by atoms with Crippen molar-refractivity contribution in [2.75, 3.05) is 11.1 Å². The van der Waals surface area contributed by atoms with Gasteiger partial charge in [0.05, 0.1) is 16.4 Å². The summed E-state index contributed by atoms with van der Waals surface area (Å²) in [7, 11) is -4.28. The highest BCUT2D eigenvalue weighted by atomic mass is 127. The molecule has 0 aliphatic rings. The van der Waals surface area contributed by atoms with Crippen LogP contribution >= 0.6 is 34.2 Å². The predicted octanol–water partition coefficient (Wildman–Crippen LogP) is 3.71. The van der Waals surface area contributed by atoms with Crippen LogP contribution in [0.1, 0.15) is 0 Å². The maximum Gasteiger partial charge on any atom is 0.240 e. The van der Waals surface area contributed by atoms with Crippen LogP contribution in [0.2, 0.25) is 5.02 Å². The molecule has 1 aromatic heterocycles. The molecule has 0 bridgehead atoms. The van der Waals surface area contributed by atoms with Crippen molar-refractivity contribution in [3.8, 4) is 11.3 Å². The lowest BCUT2D eigenvalue weighted by Gasteiger charge is -2.14. The van der Waals surface area contributed by atoms with E-state index in [-0.39, 0.29) is 22.8 Å². The molecule has 3 aromatic rings. The molecule has 2 aromatic carbocycles. The topological polar surface area (TPSA) is 124 Å². The summed E-state index contributed by atoms with van der Waals surface area (Å²) < 4.78 is 43.6. The third kappa shape index (κ3) is 3.92. The number of hydrogen-bond donors (Lipinski definition) is 3. The number of hydrogen-bond acceptors (Lipinski definition) is 6. The summed E-state index contributed by atoms with van der Waals surface area (Å²) >= 11 is 8.29. The van der Waals surface area contributed by atoms with E-state index in [9.17, 15) is 12.8 Å².